The predicted octanol–water partition coefficient (Wildman–Crippen LogP) is 4.17. The summed E-state index contributed by atoms with van der Waals surface area (Å²) in [6.07, 6.45) is 6.02. The fourth-order valence-corrected chi connectivity index (χ4v) is 2.70. The highest BCUT2D eigenvalue weighted by atomic mass is 35.5. The van der Waals surface area contributed by atoms with E-state index in [1.165, 1.54) is 0 Å². The molecule has 3 heterocycles. The number of anilines is 3. The Balaban J connectivity index is 1.76. The number of nitrogens with one attached hydrogen (secondary N) is 2. The number of nitrogens with zero attached hydrogens (tertiary/aromatic N) is 4. The van der Waals surface area contributed by atoms with Gasteiger partial charge >= 0.3 is 0 Å². The van der Waals surface area contributed by atoms with Crippen LogP contribution < -0.4 is 10.6 Å². The normalized spacial score (nSPS) is 11.8. The average Bonchev–Trinajstić information content (AvgIpc) is 2.68. The first-order valence-corrected chi connectivity index (χ1v) is 8.99. The van der Waals surface area contributed by atoms with E-state index < -0.39 is 0 Å². The molecule has 0 saturated heterocycles. The molecule has 1 atom stereocenters. The number of aromatic nitrogens is 4. The molecule has 0 aliphatic rings. The molecule has 8 heteroatoms. The van der Waals surface area contributed by atoms with E-state index in [1.807, 2.05) is 24.3 Å². The fourth-order valence-electron chi connectivity index (χ4n) is 2.53. The molecule has 3 aromatic rings. The van der Waals surface area contributed by atoms with Gasteiger partial charge in [-0.05, 0) is 30.7 Å². The van der Waals surface area contributed by atoms with Crippen LogP contribution in [0.5, 0.6) is 0 Å². The number of pyridine rings is 2. The molecular formula is C19H21ClN6O. The molecular weight excluding hydrogens is 364 g/mol. The Morgan fingerprint density at radius 2 is 1.89 bits per heavy atom. The van der Waals surface area contributed by atoms with Gasteiger partial charge in [0.05, 0.1) is 18.3 Å². The topological polar surface area (TPSA) is 84.9 Å². The van der Waals surface area contributed by atoms with Gasteiger partial charge in [0.25, 0.3) is 0 Å². The minimum absolute atomic E-state index is 0.203. The highest BCUT2D eigenvalue weighted by molar-refractivity contribution is 6.29. The Kier molecular flexibility index (Phi) is 6.51. The molecule has 0 spiro atoms. The van der Waals surface area contributed by atoms with Crippen molar-refractivity contribution in [1.82, 2.24) is 19.9 Å². The first-order valence-electron chi connectivity index (χ1n) is 8.61. The van der Waals surface area contributed by atoms with E-state index in [-0.39, 0.29) is 6.04 Å². The van der Waals surface area contributed by atoms with Crippen LogP contribution in [0.3, 0.4) is 0 Å². The van der Waals surface area contributed by atoms with Gasteiger partial charge in [-0.3, -0.25) is 0 Å². The van der Waals surface area contributed by atoms with Gasteiger partial charge in [0, 0.05) is 43.0 Å². The van der Waals surface area contributed by atoms with Gasteiger partial charge in [0.15, 0.2) is 0 Å². The third-order valence-electron chi connectivity index (χ3n) is 3.91. The molecule has 0 aliphatic heterocycles. The summed E-state index contributed by atoms with van der Waals surface area (Å²) >= 11 is 5.96. The van der Waals surface area contributed by atoms with E-state index in [2.05, 4.69) is 37.5 Å². The summed E-state index contributed by atoms with van der Waals surface area (Å²) in [6.45, 7) is 2.72. The molecule has 0 amide bonds. The number of hydrogen-bond donors (Lipinski definition) is 2. The zero-order valence-corrected chi connectivity index (χ0v) is 15.9. The van der Waals surface area contributed by atoms with Gasteiger partial charge in [-0.1, -0.05) is 18.5 Å². The molecule has 0 aliphatic carbocycles. The number of rotatable bonds is 8. The van der Waals surface area contributed by atoms with E-state index in [0.29, 0.717) is 17.7 Å². The monoisotopic (exact) mass is 384 g/mol. The first kappa shape index (κ1) is 19.0. The van der Waals surface area contributed by atoms with Crippen LogP contribution in [0, 0.1) is 0 Å². The van der Waals surface area contributed by atoms with Crippen LogP contribution in [0.2, 0.25) is 5.15 Å². The third kappa shape index (κ3) is 5.35. The number of methoxy groups -OCH3 is 1. The van der Waals surface area contributed by atoms with Crippen molar-refractivity contribution in [3.05, 3.63) is 54.1 Å². The van der Waals surface area contributed by atoms with E-state index in [4.69, 9.17) is 16.3 Å². The van der Waals surface area contributed by atoms with Crippen molar-refractivity contribution in [3.63, 3.8) is 0 Å². The highest BCUT2D eigenvalue weighted by Gasteiger charge is 2.08. The molecule has 140 valence electrons. The van der Waals surface area contributed by atoms with Crippen LogP contribution in [0.1, 0.15) is 13.3 Å². The first-order chi connectivity index (χ1) is 13.2. The van der Waals surface area contributed by atoms with E-state index in [9.17, 15) is 0 Å². The second kappa shape index (κ2) is 9.25. The van der Waals surface area contributed by atoms with Crippen molar-refractivity contribution < 1.29 is 4.74 Å². The molecule has 0 radical (unpaired) electrons. The fraction of sp³-hybridized carbons (Fsp3) is 0.263. The summed E-state index contributed by atoms with van der Waals surface area (Å²) in [7, 11) is 1.69. The lowest BCUT2D eigenvalue weighted by atomic mass is 10.2. The molecule has 0 bridgehead atoms. The second-order valence-corrected chi connectivity index (χ2v) is 6.28. The molecule has 1 unspecified atom stereocenters. The minimum Gasteiger partial charge on any atom is -0.383 e. The standard InChI is InChI=1S/C19H21ClN6O/c1-3-14(12-27-2)24-18-11-15(5-8-22-18)25-19-23-9-6-16(26-19)13-4-7-21-17(20)10-13/h4-11,14H,3,12H2,1-2H3,(H2,22,23,24,25,26). The van der Waals surface area contributed by atoms with E-state index >= 15 is 0 Å². The number of halogens is 1. The summed E-state index contributed by atoms with van der Waals surface area (Å²) < 4.78 is 5.22. The zero-order chi connectivity index (χ0) is 19.1. The van der Waals surface area contributed by atoms with Crippen molar-refractivity contribution in [2.45, 2.75) is 19.4 Å². The zero-order valence-electron chi connectivity index (χ0n) is 15.2. The van der Waals surface area contributed by atoms with Crippen molar-refractivity contribution >= 4 is 29.1 Å². The summed E-state index contributed by atoms with van der Waals surface area (Å²) in [6, 6.07) is 9.43. The Labute approximate surface area is 163 Å². The summed E-state index contributed by atoms with van der Waals surface area (Å²) in [4.78, 5) is 17.2. The lowest BCUT2D eigenvalue weighted by Gasteiger charge is -2.17. The molecule has 7 nitrogen and oxygen atoms in total. The van der Waals surface area contributed by atoms with Crippen LogP contribution >= 0.6 is 11.6 Å². The third-order valence-corrected chi connectivity index (χ3v) is 4.11. The lowest BCUT2D eigenvalue weighted by molar-refractivity contribution is 0.184. The summed E-state index contributed by atoms with van der Waals surface area (Å²) in [5.41, 5.74) is 2.47. The van der Waals surface area contributed by atoms with E-state index in [1.54, 1.807) is 31.8 Å². The predicted molar refractivity (Wildman–Crippen MR) is 107 cm³/mol. The van der Waals surface area contributed by atoms with Crippen LogP contribution in [0.15, 0.2) is 48.9 Å². The molecule has 3 rings (SSSR count). The Bertz CT molecular complexity index is 891. The second-order valence-electron chi connectivity index (χ2n) is 5.89. The maximum atomic E-state index is 5.96. The lowest BCUT2D eigenvalue weighted by Crippen LogP contribution is -2.24. The van der Waals surface area contributed by atoms with Crippen molar-refractivity contribution in [2.24, 2.45) is 0 Å². The molecule has 2 N–H and O–H groups in total. The maximum Gasteiger partial charge on any atom is 0.227 e. The summed E-state index contributed by atoms with van der Waals surface area (Å²) in [5.74, 6) is 1.25. The Morgan fingerprint density at radius 3 is 2.67 bits per heavy atom. The van der Waals surface area contributed by atoms with Crippen LogP contribution in [0.4, 0.5) is 17.5 Å². The molecule has 27 heavy (non-hydrogen) atoms. The highest BCUT2D eigenvalue weighted by Crippen LogP contribution is 2.22. The van der Waals surface area contributed by atoms with Crippen molar-refractivity contribution in [1.29, 1.82) is 0 Å². The van der Waals surface area contributed by atoms with Gasteiger partial charge in [-0.2, -0.15) is 0 Å². The van der Waals surface area contributed by atoms with Gasteiger partial charge in [-0.15, -0.1) is 0 Å². The van der Waals surface area contributed by atoms with Crippen LogP contribution in [0.25, 0.3) is 11.3 Å². The number of ether oxygens (including phenoxy) is 1. The minimum atomic E-state index is 0.203. The smallest absolute Gasteiger partial charge is 0.227 e. The molecule has 0 fully saturated rings. The van der Waals surface area contributed by atoms with Gasteiger partial charge in [0.1, 0.15) is 11.0 Å². The van der Waals surface area contributed by atoms with Crippen molar-refractivity contribution in [3.8, 4) is 11.3 Å². The Hall–Kier alpha value is -2.77. The quantitative estimate of drug-likeness (QED) is 0.564. The summed E-state index contributed by atoms with van der Waals surface area (Å²) in [5, 5.41) is 6.99. The molecule has 0 aromatic carbocycles. The van der Waals surface area contributed by atoms with E-state index in [0.717, 1.165) is 29.2 Å². The largest absolute Gasteiger partial charge is 0.383 e. The van der Waals surface area contributed by atoms with Gasteiger partial charge < -0.3 is 15.4 Å². The SMILES string of the molecule is CCC(COC)Nc1cc(Nc2nccc(-c3ccnc(Cl)c3)n2)ccn1. The average molecular weight is 385 g/mol. The van der Waals surface area contributed by atoms with Crippen molar-refractivity contribution in [2.75, 3.05) is 24.4 Å². The number of hydrogen-bond acceptors (Lipinski definition) is 7. The molecule has 3 aromatic heterocycles. The van der Waals surface area contributed by atoms with Crippen LogP contribution in [-0.4, -0.2) is 39.7 Å². The maximum absolute atomic E-state index is 5.96. The van der Waals surface area contributed by atoms with Gasteiger partial charge in [-0.25, -0.2) is 19.9 Å². The Morgan fingerprint density at radius 1 is 1.07 bits per heavy atom. The molecule has 0 saturated carbocycles. The van der Waals surface area contributed by atoms with Crippen LogP contribution in [-0.2, 0) is 4.74 Å². The van der Waals surface area contributed by atoms with Gasteiger partial charge in [0.2, 0.25) is 5.95 Å².